The number of fused-ring (bicyclic) bond motifs is 1. The zero-order chi connectivity index (χ0) is 11.8. The summed E-state index contributed by atoms with van der Waals surface area (Å²) in [6.45, 7) is 3.93. The van der Waals surface area contributed by atoms with Crippen LogP contribution < -0.4 is 0 Å². The second-order valence-electron chi connectivity index (χ2n) is 4.96. The summed E-state index contributed by atoms with van der Waals surface area (Å²) < 4.78 is 1.68. The maximum absolute atomic E-state index is 12.2. The van der Waals surface area contributed by atoms with Gasteiger partial charge in [0.2, 0.25) is 0 Å². The number of rotatable bonds is 1. The van der Waals surface area contributed by atoms with Gasteiger partial charge in [-0.2, -0.15) is 5.10 Å². The molecule has 1 aromatic heterocycles. The smallest absolute Gasteiger partial charge is 0.274 e. The standard InChI is InChI=1S/C12H18N4O/c1-14-6-4-11(13-14)12(17)16-8-7-15-5-2-3-10(15)9-16/h4,6,10H,2-3,5,7-9H2,1H3/t10-/m1/s1. The molecule has 0 spiro atoms. The van der Waals surface area contributed by atoms with Crippen LogP contribution in [0.1, 0.15) is 23.3 Å². The third-order valence-electron chi connectivity index (χ3n) is 3.81. The van der Waals surface area contributed by atoms with Crippen molar-refractivity contribution in [3.8, 4) is 0 Å². The van der Waals surface area contributed by atoms with Crippen molar-refractivity contribution in [1.29, 1.82) is 0 Å². The molecule has 2 aliphatic heterocycles. The fourth-order valence-corrected chi connectivity index (χ4v) is 2.87. The zero-order valence-corrected chi connectivity index (χ0v) is 10.2. The summed E-state index contributed by atoms with van der Waals surface area (Å²) in [6, 6.07) is 2.38. The molecule has 0 N–H and O–H groups in total. The average molecular weight is 234 g/mol. The maximum Gasteiger partial charge on any atom is 0.274 e. The van der Waals surface area contributed by atoms with Gasteiger partial charge in [-0.05, 0) is 25.5 Å². The highest BCUT2D eigenvalue weighted by Crippen LogP contribution is 2.22. The van der Waals surface area contributed by atoms with Gasteiger partial charge in [0, 0.05) is 38.9 Å². The van der Waals surface area contributed by atoms with Crippen molar-refractivity contribution >= 4 is 5.91 Å². The minimum absolute atomic E-state index is 0.0807. The molecule has 1 aromatic rings. The molecular weight excluding hydrogens is 216 g/mol. The molecule has 0 bridgehead atoms. The predicted octanol–water partition coefficient (Wildman–Crippen LogP) is 0.340. The second-order valence-corrected chi connectivity index (χ2v) is 4.96. The van der Waals surface area contributed by atoms with Gasteiger partial charge in [-0.1, -0.05) is 0 Å². The van der Waals surface area contributed by atoms with E-state index < -0.39 is 0 Å². The summed E-state index contributed by atoms with van der Waals surface area (Å²) in [7, 11) is 1.84. The monoisotopic (exact) mass is 234 g/mol. The summed E-state index contributed by atoms with van der Waals surface area (Å²) in [5.74, 6) is 0.0807. The summed E-state index contributed by atoms with van der Waals surface area (Å²) in [5.41, 5.74) is 0.568. The molecule has 92 valence electrons. The van der Waals surface area contributed by atoms with Crippen LogP contribution in [-0.4, -0.2) is 57.7 Å². The number of piperazine rings is 1. The second kappa shape index (κ2) is 4.14. The van der Waals surface area contributed by atoms with E-state index >= 15 is 0 Å². The Morgan fingerprint density at radius 1 is 1.41 bits per heavy atom. The van der Waals surface area contributed by atoms with Crippen LogP contribution in [0.25, 0.3) is 0 Å². The van der Waals surface area contributed by atoms with Crippen molar-refractivity contribution in [1.82, 2.24) is 19.6 Å². The number of nitrogens with zero attached hydrogens (tertiary/aromatic N) is 4. The Hall–Kier alpha value is -1.36. The van der Waals surface area contributed by atoms with E-state index in [2.05, 4.69) is 10.00 Å². The minimum Gasteiger partial charge on any atom is -0.334 e. The molecule has 0 radical (unpaired) electrons. The lowest BCUT2D eigenvalue weighted by atomic mass is 10.1. The summed E-state index contributed by atoms with van der Waals surface area (Å²) in [4.78, 5) is 16.7. The lowest BCUT2D eigenvalue weighted by molar-refractivity contribution is 0.0565. The molecule has 0 aliphatic carbocycles. The molecule has 2 fully saturated rings. The molecule has 3 rings (SSSR count). The van der Waals surface area contributed by atoms with E-state index in [1.165, 1.54) is 19.4 Å². The van der Waals surface area contributed by atoms with E-state index in [9.17, 15) is 4.79 Å². The molecule has 0 aromatic carbocycles. The molecule has 2 aliphatic rings. The quantitative estimate of drug-likeness (QED) is 0.703. The summed E-state index contributed by atoms with van der Waals surface area (Å²) in [5, 5.41) is 4.18. The number of hydrogen-bond acceptors (Lipinski definition) is 3. The molecule has 3 heterocycles. The van der Waals surface area contributed by atoms with Crippen LogP contribution in [-0.2, 0) is 7.05 Å². The number of hydrogen-bond donors (Lipinski definition) is 0. The van der Waals surface area contributed by atoms with Crippen LogP contribution in [0.4, 0.5) is 0 Å². The van der Waals surface area contributed by atoms with Crippen molar-refractivity contribution < 1.29 is 4.79 Å². The van der Waals surface area contributed by atoms with Crippen molar-refractivity contribution in [2.45, 2.75) is 18.9 Å². The van der Waals surface area contributed by atoms with Gasteiger partial charge in [-0.3, -0.25) is 14.4 Å². The third kappa shape index (κ3) is 1.95. The van der Waals surface area contributed by atoms with Gasteiger partial charge >= 0.3 is 0 Å². The van der Waals surface area contributed by atoms with Crippen LogP contribution in [0.2, 0.25) is 0 Å². The number of amides is 1. The Balaban J connectivity index is 1.70. The topological polar surface area (TPSA) is 41.4 Å². The first-order chi connectivity index (χ1) is 8.24. The molecule has 5 nitrogen and oxygen atoms in total. The lowest BCUT2D eigenvalue weighted by Crippen LogP contribution is -2.52. The fourth-order valence-electron chi connectivity index (χ4n) is 2.87. The molecule has 2 saturated heterocycles. The zero-order valence-electron chi connectivity index (χ0n) is 10.2. The Morgan fingerprint density at radius 3 is 3.06 bits per heavy atom. The Bertz CT molecular complexity index is 428. The first-order valence-corrected chi connectivity index (χ1v) is 6.27. The fraction of sp³-hybridized carbons (Fsp3) is 0.667. The predicted molar refractivity (Wildman–Crippen MR) is 63.7 cm³/mol. The van der Waals surface area contributed by atoms with Crippen molar-refractivity contribution in [3.05, 3.63) is 18.0 Å². The highest BCUT2D eigenvalue weighted by atomic mass is 16.2. The first-order valence-electron chi connectivity index (χ1n) is 6.27. The highest BCUT2D eigenvalue weighted by Gasteiger charge is 2.33. The van der Waals surface area contributed by atoms with Crippen molar-refractivity contribution in [2.24, 2.45) is 7.05 Å². The molecule has 0 unspecified atom stereocenters. The summed E-state index contributed by atoms with van der Waals surface area (Å²) >= 11 is 0. The normalized spacial score (nSPS) is 25.0. The van der Waals surface area contributed by atoms with Crippen LogP contribution in [0.15, 0.2) is 12.3 Å². The minimum atomic E-state index is 0.0807. The molecule has 17 heavy (non-hydrogen) atoms. The van der Waals surface area contributed by atoms with E-state index in [1.54, 1.807) is 10.7 Å². The highest BCUT2D eigenvalue weighted by molar-refractivity contribution is 5.92. The maximum atomic E-state index is 12.2. The number of aromatic nitrogens is 2. The Morgan fingerprint density at radius 2 is 2.29 bits per heavy atom. The van der Waals surface area contributed by atoms with Gasteiger partial charge < -0.3 is 4.90 Å². The van der Waals surface area contributed by atoms with Gasteiger partial charge in [0.1, 0.15) is 5.69 Å². The van der Waals surface area contributed by atoms with E-state index in [-0.39, 0.29) is 5.91 Å². The number of carbonyl (C=O) groups is 1. The van der Waals surface area contributed by atoms with Crippen LogP contribution >= 0.6 is 0 Å². The van der Waals surface area contributed by atoms with E-state index in [4.69, 9.17) is 0 Å². The van der Waals surface area contributed by atoms with Gasteiger partial charge in [0.25, 0.3) is 5.91 Å². The van der Waals surface area contributed by atoms with E-state index in [1.807, 2.05) is 18.1 Å². The molecular formula is C12H18N4O. The van der Waals surface area contributed by atoms with Gasteiger partial charge in [-0.25, -0.2) is 0 Å². The van der Waals surface area contributed by atoms with Crippen LogP contribution in [0, 0.1) is 0 Å². The molecule has 1 atom stereocenters. The SMILES string of the molecule is Cn1ccc(C(=O)N2CCN3CCC[C@@H]3C2)n1. The van der Waals surface area contributed by atoms with Gasteiger partial charge in [0.05, 0.1) is 0 Å². The van der Waals surface area contributed by atoms with Gasteiger partial charge in [-0.15, -0.1) is 0 Å². The number of aryl methyl sites for hydroxylation is 1. The lowest BCUT2D eigenvalue weighted by Gasteiger charge is -2.37. The average Bonchev–Trinajstić information content (AvgIpc) is 2.95. The van der Waals surface area contributed by atoms with Crippen molar-refractivity contribution in [3.63, 3.8) is 0 Å². The third-order valence-corrected chi connectivity index (χ3v) is 3.81. The largest absolute Gasteiger partial charge is 0.334 e. The van der Waals surface area contributed by atoms with E-state index in [0.29, 0.717) is 11.7 Å². The van der Waals surface area contributed by atoms with Crippen LogP contribution in [0.3, 0.4) is 0 Å². The van der Waals surface area contributed by atoms with Crippen molar-refractivity contribution in [2.75, 3.05) is 26.2 Å². The Kier molecular flexibility index (Phi) is 2.63. The van der Waals surface area contributed by atoms with Crippen LogP contribution in [0.5, 0.6) is 0 Å². The molecule has 5 heteroatoms. The molecule has 0 saturated carbocycles. The first kappa shape index (κ1) is 10.8. The summed E-state index contributed by atoms with van der Waals surface area (Å²) in [6.07, 6.45) is 4.32. The van der Waals surface area contributed by atoms with E-state index in [0.717, 1.165) is 19.6 Å². The number of carbonyl (C=O) groups excluding carboxylic acids is 1. The Labute approximate surface area is 101 Å². The molecule has 1 amide bonds. The van der Waals surface area contributed by atoms with Gasteiger partial charge in [0.15, 0.2) is 0 Å².